The van der Waals surface area contributed by atoms with Crippen molar-refractivity contribution in [1.82, 2.24) is 5.32 Å². The lowest BCUT2D eigenvalue weighted by Gasteiger charge is -2.37. The standard InChI is InChI=1S/C17H27NO/c1-3-9-18-13-17(8-5-10-19-14-17)12-16-7-4-6-15(2)11-16/h4,6-7,11,18H,3,5,8-10,12-14H2,1-2H3. The largest absolute Gasteiger partial charge is 0.381 e. The van der Waals surface area contributed by atoms with Crippen LogP contribution in [0.4, 0.5) is 0 Å². The molecule has 1 atom stereocenters. The van der Waals surface area contributed by atoms with Gasteiger partial charge in [-0.2, -0.15) is 0 Å². The van der Waals surface area contributed by atoms with Gasteiger partial charge in [0, 0.05) is 18.6 Å². The lowest BCUT2D eigenvalue weighted by atomic mass is 9.77. The SMILES string of the molecule is CCCNCC1(Cc2cccc(C)c2)CCCOC1. The van der Waals surface area contributed by atoms with Crippen LogP contribution >= 0.6 is 0 Å². The molecule has 1 saturated heterocycles. The van der Waals surface area contributed by atoms with Crippen LogP contribution in [0.15, 0.2) is 24.3 Å². The van der Waals surface area contributed by atoms with Gasteiger partial charge in [0.05, 0.1) is 6.61 Å². The average molecular weight is 261 g/mol. The van der Waals surface area contributed by atoms with E-state index < -0.39 is 0 Å². The minimum absolute atomic E-state index is 0.293. The van der Waals surface area contributed by atoms with Gasteiger partial charge in [-0.05, 0) is 44.7 Å². The quantitative estimate of drug-likeness (QED) is 0.793. The molecule has 2 heteroatoms. The van der Waals surface area contributed by atoms with Crippen LogP contribution < -0.4 is 5.32 Å². The second kappa shape index (κ2) is 7.06. The van der Waals surface area contributed by atoms with Crippen molar-refractivity contribution in [3.8, 4) is 0 Å². The van der Waals surface area contributed by atoms with Gasteiger partial charge in [-0.25, -0.2) is 0 Å². The van der Waals surface area contributed by atoms with E-state index in [1.54, 1.807) is 0 Å². The number of hydrogen-bond donors (Lipinski definition) is 1. The maximum Gasteiger partial charge on any atom is 0.0537 e. The van der Waals surface area contributed by atoms with E-state index in [-0.39, 0.29) is 0 Å². The molecule has 0 spiro atoms. The monoisotopic (exact) mass is 261 g/mol. The highest BCUT2D eigenvalue weighted by Crippen LogP contribution is 2.32. The van der Waals surface area contributed by atoms with E-state index >= 15 is 0 Å². The minimum atomic E-state index is 0.293. The molecule has 1 aromatic carbocycles. The maximum atomic E-state index is 5.78. The molecule has 1 N–H and O–H groups in total. The van der Waals surface area contributed by atoms with Crippen molar-refractivity contribution in [1.29, 1.82) is 0 Å². The summed E-state index contributed by atoms with van der Waals surface area (Å²) in [6.45, 7) is 8.41. The van der Waals surface area contributed by atoms with Gasteiger partial charge in [-0.15, -0.1) is 0 Å². The Hall–Kier alpha value is -0.860. The lowest BCUT2D eigenvalue weighted by Crippen LogP contribution is -2.43. The zero-order chi connectivity index (χ0) is 13.6. The molecule has 0 radical (unpaired) electrons. The van der Waals surface area contributed by atoms with E-state index in [2.05, 4.69) is 43.4 Å². The highest BCUT2D eigenvalue weighted by Gasteiger charge is 2.32. The Kier molecular flexibility index (Phi) is 5.41. The van der Waals surface area contributed by atoms with E-state index in [1.807, 2.05) is 0 Å². The molecule has 19 heavy (non-hydrogen) atoms. The van der Waals surface area contributed by atoms with E-state index in [9.17, 15) is 0 Å². The summed E-state index contributed by atoms with van der Waals surface area (Å²) in [6, 6.07) is 8.91. The van der Waals surface area contributed by atoms with Gasteiger partial charge in [0.2, 0.25) is 0 Å². The van der Waals surface area contributed by atoms with E-state index in [4.69, 9.17) is 4.74 Å². The summed E-state index contributed by atoms with van der Waals surface area (Å²) in [5.41, 5.74) is 3.09. The average Bonchev–Trinajstić information content (AvgIpc) is 2.40. The molecule has 1 unspecified atom stereocenters. The number of nitrogens with one attached hydrogen (secondary N) is 1. The molecular formula is C17H27NO. The second-order valence-electron chi connectivity index (χ2n) is 6.00. The smallest absolute Gasteiger partial charge is 0.0537 e. The minimum Gasteiger partial charge on any atom is -0.381 e. The molecule has 1 fully saturated rings. The summed E-state index contributed by atoms with van der Waals surface area (Å²) in [5, 5.41) is 3.60. The predicted molar refractivity (Wildman–Crippen MR) is 80.5 cm³/mol. The van der Waals surface area contributed by atoms with Crippen molar-refractivity contribution in [2.75, 3.05) is 26.3 Å². The Morgan fingerprint density at radius 1 is 1.37 bits per heavy atom. The van der Waals surface area contributed by atoms with Crippen LogP contribution in [0.1, 0.15) is 37.3 Å². The van der Waals surface area contributed by atoms with Gasteiger partial charge < -0.3 is 10.1 Å². The molecule has 106 valence electrons. The summed E-state index contributed by atoms with van der Waals surface area (Å²) in [7, 11) is 0. The van der Waals surface area contributed by atoms with Crippen LogP contribution in [0.25, 0.3) is 0 Å². The van der Waals surface area contributed by atoms with Crippen LogP contribution in [0, 0.1) is 12.3 Å². The fourth-order valence-electron chi connectivity index (χ4n) is 3.04. The maximum absolute atomic E-state index is 5.78. The number of benzene rings is 1. The molecule has 0 amide bonds. The second-order valence-corrected chi connectivity index (χ2v) is 6.00. The van der Waals surface area contributed by atoms with E-state index in [0.29, 0.717) is 5.41 Å². The third-order valence-corrected chi connectivity index (χ3v) is 3.99. The molecule has 1 aromatic rings. The lowest BCUT2D eigenvalue weighted by molar-refractivity contribution is -0.00707. The summed E-state index contributed by atoms with van der Waals surface area (Å²) in [5.74, 6) is 0. The Morgan fingerprint density at radius 3 is 2.95 bits per heavy atom. The fraction of sp³-hybridized carbons (Fsp3) is 0.647. The van der Waals surface area contributed by atoms with E-state index in [0.717, 1.165) is 32.7 Å². The Bertz CT molecular complexity index is 383. The topological polar surface area (TPSA) is 21.3 Å². The molecule has 0 aromatic heterocycles. The first-order valence-corrected chi connectivity index (χ1v) is 7.58. The summed E-state index contributed by atoms with van der Waals surface area (Å²) < 4.78 is 5.78. The highest BCUT2D eigenvalue weighted by atomic mass is 16.5. The molecule has 2 rings (SSSR count). The van der Waals surface area contributed by atoms with Crippen LogP contribution in [0.5, 0.6) is 0 Å². The van der Waals surface area contributed by atoms with Gasteiger partial charge in [-0.3, -0.25) is 0 Å². The summed E-state index contributed by atoms with van der Waals surface area (Å²) in [6.07, 6.45) is 4.80. The third-order valence-electron chi connectivity index (χ3n) is 3.99. The zero-order valence-corrected chi connectivity index (χ0v) is 12.4. The molecule has 0 aliphatic carbocycles. The van der Waals surface area contributed by atoms with Crippen molar-refractivity contribution < 1.29 is 4.74 Å². The fourth-order valence-corrected chi connectivity index (χ4v) is 3.04. The van der Waals surface area contributed by atoms with Crippen LogP contribution in [-0.2, 0) is 11.2 Å². The summed E-state index contributed by atoms with van der Waals surface area (Å²) in [4.78, 5) is 0. The first kappa shape index (κ1) is 14.5. The molecule has 1 aliphatic rings. The normalized spacial score (nSPS) is 23.5. The zero-order valence-electron chi connectivity index (χ0n) is 12.4. The van der Waals surface area contributed by atoms with E-state index in [1.165, 1.54) is 30.4 Å². The Balaban J connectivity index is 2.04. The van der Waals surface area contributed by atoms with Crippen molar-refractivity contribution in [2.45, 2.75) is 39.5 Å². The molecule has 0 bridgehead atoms. The van der Waals surface area contributed by atoms with Crippen molar-refractivity contribution in [3.63, 3.8) is 0 Å². The number of hydrogen-bond acceptors (Lipinski definition) is 2. The highest BCUT2D eigenvalue weighted by molar-refractivity contribution is 5.23. The molecule has 0 saturated carbocycles. The first-order chi connectivity index (χ1) is 9.24. The van der Waals surface area contributed by atoms with Gasteiger partial charge in [-0.1, -0.05) is 36.8 Å². The van der Waals surface area contributed by atoms with Gasteiger partial charge in [0.15, 0.2) is 0 Å². The Labute approximate surface area is 117 Å². The number of ether oxygens (including phenoxy) is 1. The van der Waals surface area contributed by atoms with Crippen molar-refractivity contribution in [3.05, 3.63) is 35.4 Å². The first-order valence-electron chi connectivity index (χ1n) is 7.58. The van der Waals surface area contributed by atoms with Gasteiger partial charge in [0.1, 0.15) is 0 Å². The van der Waals surface area contributed by atoms with Crippen molar-refractivity contribution >= 4 is 0 Å². The molecular weight excluding hydrogens is 234 g/mol. The van der Waals surface area contributed by atoms with Gasteiger partial charge >= 0.3 is 0 Å². The van der Waals surface area contributed by atoms with Crippen LogP contribution in [0.2, 0.25) is 0 Å². The van der Waals surface area contributed by atoms with Crippen LogP contribution in [-0.4, -0.2) is 26.3 Å². The summed E-state index contributed by atoms with van der Waals surface area (Å²) >= 11 is 0. The number of aryl methyl sites for hydroxylation is 1. The van der Waals surface area contributed by atoms with Gasteiger partial charge in [0.25, 0.3) is 0 Å². The molecule has 1 aliphatic heterocycles. The van der Waals surface area contributed by atoms with Crippen molar-refractivity contribution in [2.24, 2.45) is 5.41 Å². The molecule has 2 nitrogen and oxygen atoms in total. The number of rotatable bonds is 6. The third kappa shape index (κ3) is 4.32. The molecule has 1 heterocycles. The Morgan fingerprint density at radius 2 is 2.26 bits per heavy atom. The van der Waals surface area contributed by atoms with Crippen LogP contribution in [0.3, 0.4) is 0 Å². The predicted octanol–water partition coefficient (Wildman–Crippen LogP) is 3.33.